The topological polar surface area (TPSA) is 55.1 Å². The van der Waals surface area contributed by atoms with Crippen molar-refractivity contribution in [2.24, 2.45) is 0 Å². The summed E-state index contributed by atoms with van der Waals surface area (Å²) in [5.74, 6) is -2.16. The zero-order chi connectivity index (χ0) is 12.4. The molecule has 0 spiro atoms. The summed E-state index contributed by atoms with van der Waals surface area (Å²) in [4.78, 5) is 14.6. The summed E-state index contributed by atoms with van der Waals surface area (Å²) in [5.41, 5.74) is 0.794. The summed E-state index contributed by atoms with van der Waals surface area (Å²) in [7, 11) is 0. The van der Waals surface area contributed by atoms with Gasteiger partial charge in [-0.1, -0.05) is 6.07 Å². The second-order valence-corrected chi connectivity index (χ2v) is 3.74. The maximum atomic E-state index is 13.8. The molecule has 4 nitrogen and oxygen atoms in total. The molecule has 0 saturated carbocycles. The van der Waals surface area contributed by atoms with Gasteiger partial charge in [0.25, 0.3) is 0 Å². The van der Waals surface area contributed by atoms with Gasteiger partial charge in [-0.25, -0.2) is 9.37 Å². The molecule has 0 aliphatic carbocycles. The molecule has 1 aromatic heterocycles. The quantitative estimate of drug-likeness (QED) is 0.885. The van der Waals surface area contributed by atoms with Crippen molar-refractivity contribution in [1.29, 1.82) is 0 Å². The van der Waals surface area contributed by atoms with Crippen molar-refractivity contribution in [2.45, 2.75) is 12.8 Å². The number of nitrogens with zero attached hydrogens (tertiary/aromatic N) is 2. The largest absolute Gasteiger partial charge is 0.481 e. The Balaban J connectivity index is 2.39. The first-order valence-corrected chi connectivity index (χ1v) is 5.10. The van der Waals surface area contributed by atoms with Crippen LogP contribution in [0.15, 0.2) is 36.9 Å². The molecular formula is C12H11FN2O2. The second kappa shape index (κ2) is 4.37. The number of carboxylic acids is 1. The molecular weight excluding hydrogens is 223 g/mol. The molecule has 5 heteroatoms. The Morgan fingerprint density at radius 2 is 2.29 bits per heavy atom. The van der Waals surface area contributed by atoms with Crippen LogP contribution >= 0.6 is 0 Å². The third-order valence-electron chi connectivity index (χ3n) is 2.62. The van der Waals surface area contributed by atoms with Crippen LogP contribution in [0.25, 0.3) is 5.69 Å². The van der Waals surface area contributed by atoms with E-state index in [4.69, 9.17) is 5.11 Å². The van der Waals surface area contributed by atoms with Crippen molar-refractivity contribution < 1.29 is 14.3 Å². The van der Waals surface area contributed by atoms with E-state index in [2.05, 4.69) is 4.98 Å². The van der Waals surface area contributed by atoms with Crippen molar-refractivity contribution in [3.8, 4) is 5.69 Å². The summed E-state index contributed by atoms with van der Waals surface area (Å²) in [6, 6.07) is 4.40. The van der Waals surface area contributed by atoms with Crippen LogP contribution in [-0.4, -0.2) is 20.6 Å². The molecule has 0 radical (unpaired) electrons. The van der Waals surface area contributed by atoms with Gasteiger partial charge in [0.1, 0.15) is 5.82 Å². The number of hydrogen-bond donors (Lipinski definition) is 1. The molecule has 0 saturated heterocycles. The van der Waals surface area contributed by atoms with Gasteiger partial charge in [-0.3, -0.25) is 4.79 Å². The molecule has 1 heterocycles. The van der Waals surface area contributed by atoms with E-state index in [1.54, 1.807) is 24.5 Å². The average Bonchev–Trinajstić information content (AvgIpc) is 2.81. The van der Waals surface area contributed by atoms with Crippen LogP contribution in [0.1, 0.15) is 18.4 Å². The summed E-state index contributed by atoms with van der Waals surface area (Å²) >= 11 is 0. The lowest BCUT2D eigenvalue weighted by Crippen LogP contribution is -2.08. The molecule has 0 amide bonds. The fourth-order valence-corrected chi connectivity index (χ4v) is 1.55. The normalized spacial score (nSPS) is 12.4. The maximum Gasteiger partial charge on any atom is 0.310 e. The van der Waals surface area contributed by atoms with E-state index in [1.807, 2.05) is 0 Å². The van der Waals surface area contributed by atoms with Gasteiger partial charge in [0, 0.05) is 12.4 Å². The Morgan fingerprint density at radius 3 is 2.82 bits per heavy atom. The number of halogens is 1. The number of imidazole rings is 1. The van der Waals surface area contributed by atoms with Crippen LogP contribution in [-0.2, 0) is 4.79 Å². The standard InChI is InChI=1S/C12H11FN2O2/c1-8(12(16)17)9-2-3-11(10(13)6-9)15-5-4-14-7-15/h2-8H,1H3,(H,16,17). The highest BCUT2D eigenvalue weighted by Crippen LogP contribution is 2.20. The molecule has 1 unspecified atom stereocenters. The molecule has 88 valence electrons. The van der Waals surface area contributed by atoms with E-state index in [0.29, 0.717) is 11.3 Å². The van der Waals surface area contributed by atoms with Crippen LogP contribution in [0.2, 0.25) is 0 Å². The third-order valence-corrected chi connectivity index (χ3v) is 2.62. The zero-order valence-corrected chi connectivity index (χ0v) is 9.17. The number of benzene rings is 1. The summed E-state index contributed by atoms with van der Waals surface area (Å²) < 4.78 is 15.3. The molecule has 17 heavy (non-hydrogen) atoms. The summed E-state index contributed by atoms with van der Waals surface area (Å²) in [6.45, 7) is 1.52. The lowest BCUT2D eigenvalue weighted by Gasteiger charge is -2.09. The van der Waals surface area contributed by atoms with E-state index < -0.39 is 17.7 Å². The van der Waals surface area contributed by atoms with E-state index >= 15 is 0 Å². The Kier molecular flexibility index (Phi) is 2.91. The molecule has 1 N–H and O–H groups in total. The Bertz CT molecular complexity index is 537. The van der Waals surface area contributed by atoms with E-state index in [9.17, 15) is 9.18 Å². The Labute approximate surface area is 97.3 Å². The SMILES string of the molecule is CC(C(=O)O)c1ccc(-n2ccnc2)c(F)c1. The molecule has 1 aromatic carbocycles. The van der Waals surface area contributed by atoms with Crippen LogP contribution in [0, 0.1) is 5.82 Å². The van der Waals surface area contributed by atoms with Gasteiger partial charge >= 0.3 is 5.97 Å². The van der Waals surface area contributed by atoms with Gasteiger partial charge in [-0.05, 0) is 24.6 Å². The van der Waals surface area contributed by atoms with Crippen LogP contribution in [0.5, 0.6) is 0 Å². The molecule has 0 aliphatic heterocycles. The lowest BCUT2D eigenvalue weighted by atomic mass is 10.0. The lowest BCUT2D eigenvalue weighted by molar-refractivity contribution is -0.138. The predicted octanol–water partition coefficient (Wildman–Crippen LogP) is 2.20. The summed E-state index contributed by atoms with van der Waals surface area (Å²) in [6.07, 6.45) is 4.66. The maximum absolute atomic E-state index is 13.8. The van der Waals surface area contributed by atoms with Crippen molar-refractivity contribution in [1.82, 2.24) is 9.55 Å². The van der Waals surface area contributed by atoms with E-state index in [1.165, 1.54) is 23.9 Å². The predicted molar refractivity (Wildman–Crippen MR) is 59.6 cm³/mol. The fraction of sp³-hybridized carbons (Fsp3) is 0.167. The van der Waals surface area contributed by atoms with Gasteiger partial charge in [0.05, 0.1) is 17.9 Å². The smallest absolute Gasteiger partial charge is 0.310 e. The number of carbonyl (C=O) groups is 1. The van der Waals surface area contributed by atoms with Crippen molar-refractivity contribution in [3.05, 3.63) is 48.3 Å². The number of carboxylic acid groups (broad SMARTS) is 1. The van der Waals surface area contributed by atoms with Crippen molar-refractivity contribution in [3.63, 3.8) is 0 Å². The first kappa shape index (κ1) is 11.3. The molecule has 0 fully saturated rings. The number of aliphatic carboxylic acids is 1. The zero-order valence-electron chi connectivity index (χ0n) is 9.17. The molecule has 0 bridgehead atoms. The monoisotopic (exact) mass is 234 g/mol. The van der Waals surface area contributed by atoms with E-state index in [0.717, 1.165) is 0 Å². The van der Waals surface area contributed by atoms with Crippen LogP contribution in [0.3, 0.4) is 0 Å². The average molecular weight is 234 g/mol. The van der Waals surface area contributed by atoms with Crippen LogP contribution in [0.4, 0.5) is 4.39 Å². The fourth-order valence-electron chi connectivity index (χ4n) is 1.55. The highest BCUT2D eigenvalue weighted by Gasteiger charge is 2.15. The second-order valence-electron chi connectivity index (χ2n) is 3.74. The van der Waals surface area contributed by atoms with E-state index in [-0.39, 0.29) is 0 Å². The minimum absolute atomic E-state index is 0.351. The highest BCUT2D eigenvalue weighted by atomic mass is 19.1. The van der Waals surface area contributed by atoms with Crippen molar-refractivity contribution in [2.75, 3.05) is 0 Å². The van der Waals surface area contributed by atoms with Gasteiger partial charge < -0.3 is 9.67 Å². The first-order chi connectivity index (χ1) is 8.09. The number of aromatic nitrogens is 2. The summed E-state index contributed by atoms with van der Waals surface area (Å²) in [5, 5.41) is 8.84. The molecule has 0 aliphatic rings. The Hall–Kier alpha value is -2.17. The van der Waals surface area contributed by atoms with Gasteiger partial charge in [-0.2, -0.15) is 0 Å². The number of rotatable bonds is 3. The molecule has 2 aromatic rings. The minimum Gasteiger partial charge on any atom is -0.481 e. The Morgan fingerprint density at radius 1 is 1.53 bits per heavy atom. The van der Waals surface area contributed by atoms with Gasteiger partial charge in [0.15, 0.2) is 0 Å². The molecule has 2 rings (SSSR count). The number of hydrogen-bond acceptors (Lipinski definition) is 2. The van der Waals surface area contributed by atoms with Crippen molar-refractivity contribution >= 4 is 5.97 Å². The minimum atomic E-state index is -0.972. The first-order valence-electron chi connectivity index (χ1n) is 5.10. The third kappa shape index (κ3) is 2.18. The van der Waals surface area contributed by atoms with Gasteiger partial charge in [0.2, 0.25) is 0 Å². The molecule has 1 atom stereocenters. The van der Waals surface area contributed by atoms with Gasteiger partial charge in [-0.15, -0.1) is 0 Å². The highest BCUT2D eigenvalue weighted by molar-refractivity contribution is 5.75. The van der Waals surface area contributed by atoms with Crippen LogP contribution < -0.4 is 0 Å².